The summed E-state index contributed by atoms with van der Waals surface area (Å²) in [4.78, 5) is 6.66. The van der Waals surface area contributed by atoms with Crippen LogP contribution in [0, 0.1) is 0 Å². The van der Waals surface area contributed by atoms with E-state index >= 15 is 0 Å². The molecule has 1 aliphatic rings. The Morgan fingerprint density at radius 1 is 1.16 bits per heavy atom. The molecule has 128 valence electrons. The van der Waals surface area contributed by atoms with E-state index in [0.29, 0.717) is 0 Å². The number of pyridine rings is 1. The Hall–Kier alpha value is -2.50. The molecule has 5 heteroatoms. The number of hydrogen-bond acceptors (Lipinski definition) is 4. The van der Waals surface area contributed by atoms with E-state index in [1.54, 1.807) is 6.20 Å². The second kappa shape index (κ2) is 7.17. The maximum atomic E-state index is 5.94. The molecule has 2 aromatic heterocycles. The molecule has 0 bridgehead atoms. The van der Waals surface area contributed by atoms with E-state index in [0.717, 1.165) is 37.4 Å². The minimum Gasteiger partial charge on any atom is -0.371 e. The third-order valence-electron chi connectivity index (χ3n) is 4.58. The van der Waals surface area contributed by atoms with Crippen LogP contribution in [0.5, 0.6) is 0 Å². The van der Waals surface area contributed by atoms with Crippen LogP contribution in [0.3, 0.4) is 0 Å². The highest BCUT2D eigenvalue weighted by Crippen LogP contribution is 2.24. The SMILES string of the molecule is Cn1cc([C@@H]2CN(Cc3cccc(-c4cccnc4)c3)CCO2)cn1. The Balaban J connectivity index is 1.47. The Morgan fingerprint density at radius 3 is 2.88 bits per heavy atom. The van der Waals surface area contributed by atoms with Crippen molar-refractivity contribution in [2.75, 3.05) is 19.7 Å². The van der Waals surface area contributed by atoms with Gasteiger partial charge in [-0.05, 0) is 28.8 Å². The zero-order valence-electron chi connectivity index (χ0n) is 14.4. The van der Waals surface area contributed by atoms with E-state index in [1.807, 2.05) is 36.4 Å². The van der Waals surface area contributed by atoms with Crippen LogP contribution < -0.4 is 0 Å². The van der Waals surface area contributed by atoms with Gasteiger partial charge in [0.05, 0.1) is 18.9 Å². The second-order valence-electron chi connectivity index (χ2n) is 6.48. The van der Waals surface area contributed by atoms with Crippen LogP contribution >= 0.6 is 0 Å². The van der Waals surface area contributed by atoms with E-state index < -0.39 is 0 Å². The van der Waals surface area contributed by atoms with Crippen molar-refractivity contribution < 1.29 is 4.74 Å². The molecule has 3 heterocycles. The van der Waals surface area contributed by atoms with Gasteiger partial charge in [-0.15, -0.1) is 0 Å². The van der Waals surface area contributed by atoms with Crippen molar-refractivity contribution in [2.45, 2.75) is 12.6 Å². The number of hydrogen-bond donors (Lipinski definition) is 0. The summed E-state index contributed by atoms with van der Waals surface area (Å²) in [5.74, 6) is 0. The molecule has 4 rings (SSSR count). The average Bonchev–Trinajstić information content (AvgIpc) is 3.09. The summed E-state index contributed by atoms with van der Waals surface area (Å²) in [5, 5.41) is 4.26. The summed E-state index contributed by atoms with van der Waals surface area (Å²) in [5.41, 5.74) is 4.83. The number of ether oxygens (including phenoxy) is 1. The lowest BCUT2D eigenvalue weighted by molar-refractivity contribution is -0.0329. The third-order valence-corrected chi connectivity index (χ3v) is 4.58. The summed E-state index contributed by atoms with van der Waals surface area (Å²) >= 11 is 0. The first-order chi connectivity index (χ1) is 12.3. The summed E-state index contributed by atoms with van der Waals surface area (Å²) in [7, 11) is 1.94. The van der Waals surface area contributed by atoms with Crippen LogP contribution in [0.25, 0.3) is 11.1 Å². The van der Waals surface area contributed by atoms with Crippen molar-refractivity contribution in [3.63, 3.8) is 0 Å². The lowest BCUT2D eigenvalue weighted by Gasteiger charge is -2.32. The largest absolute Gasteiger partial charge is 0.371 e. The monoisotopic (exact) mass is 334 g/mol. The van der Waals surface area contributed by atoms with E-state index in [2.05, 4.69) is 45.3 Å². The molecule has 0 amide bonds. The molecule has 1 fully saturated rings. The van der Waals surface area contributed by atoms with Gasteiger partial charge in [-0.2, -0.15) is 5.10 Å². The van der Waals surface area contributed by atoms with Gasteiger partial charge >= 0.3 is 0 Å². The molecule has 0 unspecified atom stereocenters. The van der Waals surface area contributed by atoms with E-state index in [4.69, 9.17) is 4.74 Å². The molecule has 5 nitrogen and oxygen atoms in total. The van der Waals surface area contributed by atoms with Gasteiger partial charge in [0.1, 0.15) is 0 Å². The maximum absolute atomic E-state index is 5.94. The van der Waals surface area contributed by atoms with Gasteiger partial charge in [-0.1, -0.05) is 24.3 Å². The standard InChI is InChI=1S/C20H22N4O/c1-23-14-19(12-22-23)20-15-24(8-9-25-20)13-16-4-2-5-17(10-16)18-6-3-7-21-11-18/h2-7,10-12,14,20H,8-9,13,15H2,1H3/t20-/m0/s1. The number of aryl methyl sites for hydroxylation is 1. The van der Waals surface area contributed by atoms with E-state index in [1.165, 1.54) is 11.1 Å². The highest BCUT2D eigenvalue weighted by Gasteiger charge is 2.23. The van der Waals surface area contributed by atoms with Crippen LogP contribution in [-0.2, 0) is 18.3 Å². The van der Waals surface area contributed by atoms with Crippen LogP contribution in [-0.4, -0.2) is 39.4 Å². The number of rotatable bonds is 4. The zero-order valence-corrected chi connectivity index (χ0v) is 14.4. The van der Waals surface area contributed by atoms with Gasteiger partial charge in [0, 0.05) is 50.8 Å². The highest BCUT2D eigenvalue weighted by atomic mass is 16.5. The number of benzene rings is 1. The fourth-order valence-electron chi connectivity index (χ4n) is 3.30. The van der Waals surface area contributed by atoms with Crippen molar-refractivity contribution >= 4 is 0 Å². The van der Waals surface area contributed by atoms with Gasteiger partial charge < -0.3 is 4.74 Å². The number of morpholine rings is 1. The predicted octanol–water partition coefficient (Wildman–Crippen LogP) is 3.06. The molecule has 0 radical (unpaired) electrons. The Bertz CT molecular complexity index is 830. The van der Waals surface area contributed by atoms with Crippen LogP contribution in [0.15, 0.2) is 61.2 Å². The molecular weight excluding hydrogens is 312 g/mol. The van der Waals surface area contributed by atoms with E-state index in [-0.39, 0.29) is 6.10 Å². The molecule has 1 aromatic carbocycles. The van der Waals surface area contributed by atoms with Gasteiger partial charge in [0.25, 0.3) is 0 Å². The molecule has 25 heavy (non-hydrogen) atoms. The van der Waals surface area contributed by atoms with Crippen LogP contribution in [0.2, 0.25) is 0 Å². The van der Waals surface area contributed by atoms with Crippen molar-refractivity contribution in [1.82, 2.24) is 19.7 Å². The van der Waals surface area contributed by atoms with Crippen LogP contribution in [0.1, 0.15) is 17.2 Å². The third kappa shape index (κ3) is 3.78. The minimum absolute atomic E-state index is 0.101. The summed E-state index contributed by atoms with van der Waals surface area (Å²) in [6.45, 7) is 3.52. The Kier molecular flexibility index (Phi) is 4.59. The fraction of sp³-hybridized carbons (Fsp3) is 0.300. The Morgan fingerprint density at radius 2 is 2.08 bits per heavy atom. The highest BCUT2D eigenvalue weighted by molar-refractivity contribution is 5.62. The fourth-order valence-corrected chi connectivity index (χ4v) is 3.30. The maximum Gasteiger partial charge on any atom is 0.0982 e. The van der Waals surface area contributed by atoms with Crippen LogP contribution in [0.4, 0.5) is 0 Å². The van der Waals surface area contributed by atoms with Crippen molar-refractivity contribution in [3.8, 4) is 11.1 Å². The number of aromatic nitrogens is 3. The zero-order chi connectivity index (χ0) is 17.1. The van der Waals surface area contributed by atoms with Crippen molar-refractivity contribution in [1.29, 1.82) is 0 Å². The quantitative estimate of drug-likeness (QED) is 0.735. The summed E-state index contributed by atoms with van der Waals surface area (Å²) in [6, 6.07) is 12.8. The Labute approximate surface area is 147 Å². The number of nitrogens with zero attached hydrogens (tertiary/aromatic N) is 4. The first-order valence-corrected chi connectivity index (χ1v) is 8.60. The van der Waals surface area contributed by atoms with E-state index in [9.17, 15) is 0 Å². The predicted molar refractivity (Wildman–Crippen MR) is 96.9 cm³/mol. The average molecular weight is 334 g/mol. The van der Waals surface area contributed by atoms with Crippen molar-refractivity contribution in [2.24, 2.45) is 7.05 Å². The molecule has 3 aromatic rings. The molecular formula is C20H22N4O. The topological polar surface area (TPSA) is 43.2 Å². The minimum atomic E-state index is 0.101. The normalized spacial score (nSPS) is 18.4. The lowest BCUT2D eigenvalue weighted by Crippen LogP contribution is -2.37. The summed E-state index contributed by atoms with van der Waals surface area (Å²) < 4.78 is 7.76. The molecule has 0 aliphatic carbocycles. The van der Waals surface area contributed by atoms with Crippen molar-refractivity contribution in [3.05, 3.63) is 72.3 Å². The molecule has 0 spiro atoms. The molecule has 1 atom stereocenters. The van der Waals surface area contributed by atoms with Gasteiger partial charge in [0.15, 0.2) is 0 Å². The molecule has 0 saturated carbocycles. The van der Waals surface area contributed by atoms with Gasteiger partial charge in [-0.25, -0.2) is 0 Å². The lowest BCUT2D eigenvalue weighted by atomic mass is 10.0. The first-order valence-electron chi connectivity index (χ1n) is 8.60. The molecule has 1 saturated heterocycles. The smallest absolute Gasteiger partial charge is 0.0982 e. The molecule has 0 N–H and O–H groups in total. The second-order valence-corrected chi connectivity index (χ2v) is 6.48. The van der Waals surface area contributed by atoms with Gasteiger partial charge in [0.2, 0.25) is 0 Å². The molecule has 1 aliphatic heterocycles. The summed E-state index contributed by atoms with van der Waals surface area (Å²) in [6.07, 6.45) is 7.75. The first kappa shape index (κ1) is 16.0. The van der Waals surface area contributed by atoms with Gasteiger partial charge in [-0.3, -0.25) is 14.6 Å².